The predicted molar refractivity (Wildman–Crippen MR) is 109 cm³/mol. The van der Waals surface area contributed by atoms with Crippen LogP contribution in [0.5, 0.6) is 0 Å². The van der Waals surface area contributed by atoms with Crippen LogP contribution in [0.3, 0.4) is 0 Å². The van der Waals surface area contributed by atoms with Crippen molar-refractivity contribution in [1.82, 2.24) is 0 Å². The predicted octanol–water partition coefficient (Wildman–Crippen LogP) is 4.11. The van der Waals surface area contributed by atoms with Gasteiger partial charge in [0, 0.05) is 12.2 Å². The van der Waals surface area contributed by atoms with Crippen molar-refractivity contribution in [2.24, 2.45) is 0 Å². The first kappa shape index (κ1) is 19.9. The van der Waals surface area contributed by atoms with Crippen LogP contribution in [0.15, 0.2) is 36.4 Å². The maximum atomic E-state index is 12.9. The van der Waals surface area contributed by atoms with Crippen molar-refractivity contribution < 1.29 is 19.1 Å². The summed E-state index contributed by atoms with van der Waals surface area (Å²) in [6.07, 6.45) is 1.67. The molecule has 2 aromatic carbocycles. The fourth-order valence-corrected chi connectivity index (χ4v) is 4.14. The summed E-state index contributed by atoms with van der Waals surface area (Å²) >= 11 is 0. The maximum Gasteiger partial charge on any atom is 0.339 e. The van der Waals surface area contributed by atoms with E-state index in [-0.39, 0.29) is 24.6 Å². The lowest BCUT2D eigenvalue weighted by atomic mass is 9.96. The van der Waals surface area contributed by atoms with E-state index in [0.717, 1.165) is 47.3 Å². The van der Waals surface area contributed by atoms with Crippen LogP contribution < -0.4 is 4.90 Å². The molecule has 5 nitrogen and oxygen atoms in total. The number of esters is 2. The minimum absolute atomic E-state index is 0.231. The van der Waals surface area contributed by atoms with E-state index in [0.29, 0.717) is 5.56 Å². The highest BCUT2D eigenvalue weighted by molar-refractivity contribution is 5.95. The molecule has 3 rings (SSSR count). The van der Waals surface area contributed by atoms with Gasteiger partial charge in [-0.1, -0.05) is 36.4 Å². The number of anilines is 1. The van der Waals surface area contributed by atoms with Gasteiger partial charge in [-0.05, 0) is 55.9 Å². The molecule has 1 atom stereocenters. The molecule has 1 aliphatic rings. The number of benzene rings is 2. The molecule has 1 fully saturated rings. The molecule has 1 saturated heterocycles. The third kappa shape index (κ3) is 3.88. The van der Waals surface area contributed by atoms with Gasteiger partial charge in [0.25, 0.3) is 0 Å². The van der Waals surface area contributed by atoms with Crippen molar-refractivity contribution >= 4 is 17.6 Å². The molecule has 0 bridgehead atoms. The van der Waals surface area contributed by atoms with Gasteiger partial charge in [0.05, 0.1) is 12.7 Å². The van der Waals surface area contributed by atoms with Crippen molar-refractivity contribution in [3.63, 3.8) is 0 Å². The van der Waals surface area contributed by atoms with Crippen molar-refractivity contribution in [2.45, 2.75) is 46.3 Å². The Balaban J connectivity index is 1.91. The van der Waals surface area contributed by atoms with Crippen LogP contribution >= 0.6 is 0 Å². The quantitative estimate of drug-likeness (QED) is 0.730. The minimum atomic E-state index is -0.339. The van der Waals surface area contributed by atoms with Gasteiger partial charge < -0.3 is 14.4 Å². The maximum absolute atomic E-state index is 12.9. The fraction of sp³-hybridized carbons (Fsp3) is 0.391. The van der Waals surface area contributed by atoms with Gasteiger partial charge in [0.15, 0.2) is 0 Å². The van der Waals surface area contributed by atoms with Crippen LogP contribution in [-0.2, 0) is 20.9 Å². The first-order valence-corrected chi connectivity index (χ1v) is 9.60. The second-order valence-electron chi connectivity index (χ2n) is 7.30. The van der Waals surface area contributed by atoms with E-state index in [1.54, 1.807) is 0 Å². The summed E-state index contributed by atoms with van der Waals surface area (Å²) in [4.78, 5) is 27.2. The van der Waals surface area contributed by atoms with Crippen LogP contribution in [0, 0.1) is 20.8 Å². The number of ether oxygens (including phenoxy) is 2. The van der Waals surface area contributed by atoms with E-state index in [1.807, 2.05) is 57.2 Å². The number of hydrogen-bond acceptors (Lipinski definition) is 5. The highest BCUT2D eigenvalue weighted by Crippen LogP contribution is 2.35. The van der Waals surface area contributed by atoms with Crippen molar-refractivity contribution in [2.75, 3.05) is 18.6 Å². The highest BCUT2D eigenvalue weighted by Gasteiger charge is 2.34. The molecular weight excluding hydrogens is 354 g/mol. The molecule has 1 aliphatic heterocycles. The van der Waals surface area contributed by atoms with Crippen LogP contribution in [0.4, 0.5) is 5.69 Å². The number of carbonyl (C=O) groups excluding carboxylic acids is 2. The van der Waals surface area contributed by atoms with E-state index in [4.69, 9.17) is 9.47 Å². The number of carbonyl (C=O) groups is 2. The number of hydrogen-bond donors (Lipinski definition) is 0. The standard InChI is InChI=1S/C23H27NO4/c1-15-13-16(2)21(24-12-8-11-19(24)22(25)27-4)17(3)20(15)23(26)28-14-18-9-6-5-7-10-18/h5-7,9-10,13,19H,8,11-12,14H2,1-4H3/t19-/m0/s1. The van der Waals surface area contributed by atoms with Crippen LogP contribution in [-0.4, -0.2) is 31.6 Å². The van der Waals surface area contributed by atoms with E-state index < -0.39 is 0 Å². The van der Waals surface area contributed by atoms with Gasteiger partial charge in [0.1, 0.15) is 12.6 Å². The number of rotatable bonds is 5. The SMILES string of the molecule is COC(=O)[C@@H]1CCCN1c1c(C)cc(C)c(C(=O)OCc2ccccc2)c1C. The molecule has 0 aliphatic carbocycles. The lowest BCUT2D eigenvalue weighted by Gasteiger charge is -2.29. The fourth-order valence-electron chi connectivity index (χ4n) is 4.14. The lowest BCUT2D eigenvalue weighted by Crippen LogP contribution is -2.38. The van der Waals surface area contributed by atoms with E-state index >= 15 is 0 Å². The van der Waals surface area contributed by atoms with Crippen LogP contribution in [0.1, 0.15) is 45.5 Å². The van der Waals surface area contributed by atoms with Gasteiger partial charge in [0.2, 0.25) is 0 Å². The van der Waals surface area contributed by atoms with Crippen molar-refractivity contribution in [3.8, 4) is 0 Å². The van der Waals surface area contributed by atoms with Crippen LogP contribution in [0.2, 0.25) is 0 Å². The summed E-state index contributed by atoms with van der Waals surface area (Å²) in [5, 5.41) is 0. The Hall–Kier alpha value is -2.82. The van der Waals surface area contributed by atoms with Gasteiger partial charge in [-0.3, -0.25) is 0 Å². The molecule has 2 aromatic rings. The van der Waals surface area contributed by atoms with E-state index in [9.17, 15) is 9.59 Å². The summed E-state index contributed by atoms with van der Waals surface area (Å²) in [6, 6.07) is 11.3. The Kier molecular flexibility index (Phi) is 6.02. The van der Waals surface area contributed by atoms with E-state index in [2.05, 4.69) is 4.90 Å². The van der Waals surface area contributed by atoms with Gasteiger partial charge in [-0.15, -0.1) is 0 Å². The Morgan fingerprint density at radius 3 is 2.50 bits per heavy atom. The second kappa shape index (κ2) is 8.46. The zero-order valence-corrected chi connectivity index (χ0v) is 17.0. The topological polar surface area (TPSA) is 55.8 Å². The molecule has 0 saturated carbocycles. The number of nitrogens with zero attached hydrogens (tertiary/aromatic N) is 1. The summed E-state index contributed by atoms with van der Waals surface area (Å²) in [5.74, 6) is -0.570. The molecule has 0 aromatic heterocycles. The number of aryl methyl sites for hydroxylation is 2. The van der Waals surface area contributed by atoms with Gasteiger partial charge >= 0.3 is 11.9 Å². The minimum Gasteiger partial charge on any atom is -0.467 e. The summed E-state index contributed by atoms with van der Waals surface area (Å²) in [5.41, 5.74) is 5.24. The smallest absolute Gasteiger partial charge is 0.339 e. The Bertz CT molecular complexity index is 876. The number of methoxy groups -OCH3 is 1. The zero-order chi connectivity index (χ0) is 20.3. The first-order chi connectivity index (χ1) is 13.4. The molecule has 1 heterocycles. The molecule has 148 valence electrons. The third-order valence-electron chi connectivity index (χ3n) is 5.36. The van der Waals surface area contributed by atoms with Gasteiger partial charge in [-0.25, -0.2) is 9.59 Å². The molecule has 0 spiro atoms. The van der Waals surface area contributed by atoms with E-state index in [1.165, 1.54) is 7.11 Å². The highest BCUT2D eigenvalue weighted by atomic mass is 16.5. The summed E-state index contributed by atoms with van der Waals surface area (Å²) in [7, 11) is 1.42. The van der Waals surface area contributed by atoms with Crippen molar-refractivity contribution in [1.29, 1.82) is 0 Å². The molecule has 0 unspecified atom stereocenters. The Labute approximate surface area is 166 Å². The largest absolute Gasteiger partial charge is 0.467 e. The second-order valence-corrected chi connectivity index (χ2v) is 7.30. The zero-order valence-electron chi connectivity index (χ0n) is 17.0. The Morgan fingerprint density at radius 1 is 1.11 bits per heavy atom. The molecule has 0 radical (unpaired) electrons. The summed E-state index contributed by atoms with van der Waals surface area (Å²) < 4.78 is 10.6. The van der Waals surface area contributed by atoms with Crippen LogP contribution in [0.25, 0.3) is 0 Å². The van der Waals surface area contributed by atoms with Gasteiger partial charge in [-0.2, -0.15) is 0 Å². The van der Waals surface area contributed by atoms with Crippen molar-refractivity contribution in [3.05, 3.63) is 64.2 Å². The molecule has 0 N–H and O–H groups in total. The normalized spacial score (nSPS) is 16.1. The molecule has 5 heteroatoms. The average molecular weight is 381 g/mol. The molecular formula is C23H27NO4. The Morgan fingerprint density at radius 2 is 1.82 bits per heavy atom. The average Bonchev–Trinajstić information content (AvgIpc) is 3.15. The first-order valence-electron chi connectivity index (χ1n) is 9.60. The third-order valence-corrected chi connectivity index (χ3v) is 5.36. The molecule has 0 amide bonds. The monoisotopic (exact) mass is 381 g/mol. The lowest BCUT2D eigenvalue weighted by molar-refractivity contribution is -0.141. The molecule has 28 heavy (non-hydrogen) atoms. The summed E-state index contributed by atoms with van der Waals surface area (Å²) in [6.45, 7) is 6.87.